The molecule has 0 aromatic carbocycles. The number of rotatable bonds is 5. The summed E-state index contributed by atoms with van der Waals surface area (Å²) in [6.45, 7) is 5.97. The molecule has 2 aliphatic carbocycles. The van der Waals surface area contributed by atoms with Gasteiger partial charge in [-0.3, -0.25) is 18.5 Å². The van der Waals surface area contributed by atoms with Crippen LogP contribution in [-0.4, -0.2) is 48.2 Å². The van der Waals surface area contributed by atoms with Crippen LogP contribution in [0.25, 0.3) is 0 Å². The maximum absolute atomic E-state index is 12.8. The van der Waals surface area contributed by atoms with Crippen LogP contribution < -0.4 is 4.72 Å². The minimum absolute atomic E-state index is 0.107. The third-order valence-corrected chi connectivity index (χ3v) is 7.51. The maximum Gasteiger partial charge on any atom is 0.276 e. The lowest BCUT2D eigenvalue weighted by Gasteiger charge is -2.36. The summed E-state index contributed by atoms with van der Waals surface area (Å²) in [7, 11) is 0. The summed E-state index contributed by atoms with van der Waals surface area (Å²) in [6, 6.07) is 0. The van der Waals surface area contributed by atoms with E-state index in [-0.39, 0.29) is 28.5 Å². The number of anilines is 1. The summed E-state index contributed by atoms with van der Waals surface area (Å²) < 4.78 is 26.2. The molecule has 1 aliphatic heterocycles. The topological polar surface area (TPSA) is 107 Å². The molecule has 1 amide bonds. The van der Waals surface area contributed by atoms with Crippen LogP contribution in [0.5, 0.6) is 0 Å². The van der Waals surface area contributed by atoms with Crippen molar-refractivity contribution in [2.24, 2.45) is 16.7 Å². The van der Waals surface area contributed by atoms with Crippen LogP contribution in [0.3, 0.4) is 0 Å². The van der Waals surface area contributed by atoms with Crippen molar-refractivity contribution in [2.75, 3.05) is 17.8 Å². The molecule has 3 fully saturated rings. The number of carbonyl (C=O) groups excluding carboxylic acids is 2. The zero-order valence-corrected chi connectivity index (χ0v) is 16.5. The van der Waals surface area contributed by atoms with Crippen LogP contribution in [0.15, 0.2) is 6.20 Å². The van der Waals surface area contributed by atoms with Crippen LogP contribution in [0.4, 0.5) is 5.69 Å². The first-order valence-corrected chi connectivity index (χ1v) is 10.6. The number of nitrogens with one attached hydrogen (secondary N) is 1. The van der Waals surface area contributed by atoms with Gasteiger partial charge >= 0.3 is 0 Å². The van der Waals surface area contributed by atoms with Crippen molar-refractivity contribution < 1.29 is 18.4 Å². The Morgan fingerprint density at radius 3 is 2.67 bits per heavy atom. The molecule has 1 N–H and O–H groups in total. The molecule has 2 bridgehead atoms. The standard InChI is InChI=1S/C18H26N4O4S/c1-17(2)12-5-6-18(17,14(23)9-12)11-22-10-13(20-27(25)26)15(19-22)16(24)21-7-3-4-8-21/h10,12,20H,3-9,11H2,1-2H3,(H,25,26)/p-1/t12?,18-/m1/s1. The highest BCUT2D eigenvalue weighted by molar-refractivity contribution is 7.80. The lowest BCUT2D eigenvalue weighted by atomic mass is 9.69. The molecule has 3 aliphatic rings. The Labute approximate surface area is 161 Å². The van der Waals surface area contributed by atoms with Crippen molar-refractivity contribution in [3.8, 4) is 0 Å². The molecule has 148 valence electrons. The van der Waals surface area contributed by atoms with Crippen molar-refractivity contribution in [1.82, 2.24) is 14.7 Å². The van der Waals surface area contributed by atoms with E-state index in [2.05, 4.69) is 23.7 Å². The Bertz CT molecular complexity index is 814. The van der Waals surface area contributed by atoms with Gasteiger partial charge in [-0.2, -0.15) is 5.10 Å². The van der Waals surface area contributed by atoms with Gasteiger partial charge in [0.25, 0.3) is 5.91 Å². The second kappa shape index (κ2) is 6.41. The van der Waals surface area contributed by atoms with E-state index in [9.17, 15) is 18.4 Å². The van der Waals surface area contributed by atoms with Crippen molar-refractivity contribution in [2.45, 2.75) is 52.5 Å². The SMILES string of the molecule is CC1(C)C2CC[C@@]1(Cn1cc(NS(=O)[O-])c(C(=O)N3CCCC3)n1)C(=O)C2. The Balaban J connectivity index is 1.66. The molecule has 2 saturated carbocycles. The van der Waals surface area contributed by atoms with Gasteiger partial charge in [-0.1, -0.05) is 13.8 Å². The number of amides is 1. The fourth-order valence-electron chi connectivity index (χ4n) is 5.31. The Morgan fingerprint density at radius 2 is 2.11 bits per heavy atom. The number of carbonyl (C=O) groups is 2. The molecular formula is C18H25N4O4S-. The van der Waals surface area contributed by atoms with E-state index >= 15 is 0 Å². The largest absolute Gasteiger partial charge is 0.755 e. The predicted octanol–water partition coefficient (Wildman–Crippen LogP) is 1.72. The van der Waals surface area contributed by atoms with Crippen molar-refractivity contribution in [3.05, 3.63) is 11.9 Å². The van der Waals surface area contributed by atoms with E-state index < -0.39 is 16.7 Å². The quantitative estimate of drug-likeness (QED) is 0.767. The van der Waals surface area contributed by atoms with E-state index in [0.717, 1.165) is 25.7 Å². The fraction of sp³-hybridized carbons (Fsp3) is 0.722. The Morgan fingerprint density at radius 1 is 1.41 bits per heavy atom. The monoisotopic (exact) mass is 393 g/mol. The predicted molar refractivity (Wildman–Crippen MR) is 98.5 cm³/mol. The lowest BCUT2D eigenvalue weighted by molar-refractivity contribution is -0.130. The summed E-state index contributed by atoms with van der Waals surface area (Å²) in [5.74, 6) is 0.379. The number of hydrogen-bond donors (Lipinski definition) is 1. The van der Waals surface area contributed by atoms with Crippen LogP contribution in [0, 0.1) is 16.7 Å². The molecule has 27 heavy (non-hydrogen) atoms. The average molecular weight is 393 g/mol. The van der Waals surface area contributed by atoms with Gasteiger partial charge in [0.2, 0.25) is 0 Å². The van der Waals surface area contributed by atoms with Crippen molar-refractivity contribution >= 4 is 28.6 Å². The molecule has 2 heterocycles. The molecule has 8 nitrogen and oxygen atoms in total. The van der Waals surface area contributed by atoms with E-state index in [1.165, 1.54) is 0 Å². The van der Waals surface area contributed by atoms with Gasteiger partial charge < -0.3 is 14.2 Å². The number of hydrogen-bond acceptors (Lipinski definition) is 5. The first-order valence-electron chi connectivity index (χ1n) is 9.50. The zero-order valence-electron chi connectivity index (χ0n) is 15.7. The van der Waals surface area contributed by atoms with E-state index in [0.29, 0.717) is 32.0 Å². The van der Waals surface area contributed by atoms with Crippen LogP contribution in [0.1, 0.15) is 56.4 Å². The second-order valence-electron chi connectivity index (χ2n) is 8.59. The van der Waals surface area contributed by atoms with Gasteiger partial charge in [-0.05, 0) is 37.0 Å². The fourth-order valence-corrected chi connectivity index (χ4v) is 5.64. The van der Waals surface area contributed by atoms with Crippen molar-refractivity contribution in [1.29, 1.82) is 0 Å². The number of nitrogens with zero attached hydrogens (tertiary/aromatic N) is 3. The van der Waals surface area contributed by atoms with Gasteiger partial charge in [-0.25, -0.2) is 0 Å². The Hall–Kier alpha value is -1.74. The zero-order chi connectivity index (χ0) is 19.4. The minimum Gasteiger partial charge on any atom is -0.755 e. The smallest absolute Gasteiger partial charge is 0.276 e. The van der Waals surface area contributed by atoms with Gasteiger partial charge in [-0.15, -0.1) is 0 Å². The number of aromatic nitrogens is 2. The highest BCUT2D eigenvalue weighted by Gasteiger charge is 2.64. The van der Waals surface area contributed by atoms with Crippen molar-refractivity contribution in [3.63, 3.8) is 0 Å². The average Bonchev–Trinajstić information content (AvgIpc) is 3.32. The van der Waals surface area contributed by atoms with Crippen LogP contribution in [0.2, 0.25) is 0 Å². The number of ketones is 1. The van der Waals surface area contributed by atoms with Gasteiger partial charge in [0.15, 0.2) is 5.69 Å². The third-order valence-electron chi connectivity index (χ3n) is 7.12. The van der Waals surface area contributed by atoms with Gasteiger partial charge in [0, 0.05) is 37.0 Å². The first-order chi connectivity index (χ1) is 12.7. The van der Waals surface area contributed by atoms with Crippen LogP contribution in [-0.2, 0) is 22.6 Å². The highest BCUT2D eigenvalue weighted by atomic mass is 32.2. The van der Waals surface area contributed by atoms with Crippen LogP contribution >= 0.6 is 0 Å². The van der Waals surface area contributed by atoms with E-state index in [1.54, 1.807) is 15.8 Å². The normalized spacial score (nSPS) is 30.1. The van der Waals surface area contributed by atoms with E-state index in [1.807, 2.05) is 0 Å². The molecule has 3 atom stereocenters. The summed E-state index contributed by atoms with van der Waals surface area (Å²) in [5, 5.41) is 4.42. The molecule has 4 rings (SSSR count). The maximum atomic E-state index is 12.8. The summed E-state index contributed by atoms with van der Waals surface area (Å²) in [6.07, 6.45) is 5.86. The van der Waals surface area contributed by atoms with Gasteiger partial charge in [0.1, 0.15) is 5.78 Å². The summed E-state index contributed by atoms with van der Waals surface area (Å²) in [4.78, 5) is 27.2. The molecule has 2 unspecified atom stereocenters. The number of Topliss-reactive ketones (excluding diaryl/α,β-unsaturated/α-hetero) is 1. The molecule has 0 radical (unpaired) electrons. The summed E-state index contributed by atoms with van der Waals surface area (Å²) in [5.41, 5.74) is -0.333. The van der Waals surface area contributed by atoms with Gasteiger partial charge in [0.05, 0.1) is 17.6 Å². The number of fused-ring (bicyclic) bond motifs is 2. The lowest BCUT2D eigenvalue weighted by Crippen LogP contribution is -2.40. The molecule has 1 aromatic rings. The molecular weight excluding hydrogens is 368 g/mol. The molecule has 1 aromatic heterocycles. The number of likely N-dealkylation sites (tertiary alicyclic amines) is 1. The second-order valence-corrected chi connectivity index (χ2v) is 9.27. The van der Waals surface area contributed by atoms with E-state index in [4.69, 9.17) is 0 Å². The Kier molecular flexibility index (Phi) is 4.42. The minimum atomic E-state index is -2.55. The summed E-state index contributed by atoms with van der Waals surface area (Å²) >= 11 is -2.55. The molecule has 0 spiro atoms. The molecule has 1 saturated heterocycles. The third kappa shape index (κ3) is 2.82. The highest BCUT2D eigenvalue weighted by Crippen LogP contribution is 2.64. The first kappa shape index (κ1) is 18.6. The molecule has 9 heteroatoms.